The van der Waals surface area contributed by atoms with Gasteiger partial charge in [-0.1, -0.05) is 13.8 Å². The van der Waals surface area contributed by atoms with Gasteiger partial charge in [-0.05, 0) is 19.8 Å². The number of hydrogen-bond donors (Lipinski definition) is 1. The fourth-order valence-corrected chi connectivity index (χ4v) is 1.65. The fourth-order valence-electron chi connectivity index (χ4n) is 1.65. The highest BCUT2D eigenvalue weighted by Crippen LogP contribution is 2.17. The molecule has 1 atom stereocenters. The highest BCUT2D eigenvalue weighted by Gasteiger charge is 2.16. The van der Waals surface area contributed by atoms with Gasteiger partial charge in [-0.2, -0.15) is 0 Å². The first-order valence-corrected chi connectivity index (χ1v) is 5.34. The molecule has 1 aromatic rings. The van der Waals surface area contributed by atoms with Crippen molar-refractivity contribution >= 4 is 0 Å². The number of rotatable bonds is 5. The van der Waals surface area contributed by atoms with Crippen molar-refractivity contribution in [3.63, 3.8) is 0 Å². The van der Waals surface area contributed by atoms with Gasteiger partial charge in [0.05, 0.1) is 0 Å². The Morgan fingerprint density at radius 3 is 2.57 bits per heavy atom. The topological polar surface area (TPSA) is 56.7 Å². The van der Waals surface area contributed by atoms with E-state index in [-0.39, 0.29) is 0 Å². The largest absolute Gasteiger partial charge is 0.330 e. The molecule has 0 saturated heterocycles. The van der Waals surface area contributed by atoms with E-state index in [2.05, 4.69) is 28.6 Å². The van der Waals surface area contributed by atoms with Gasteiger partial charge >= 0.3 is 0 Å². The van der Waals surface area contributed by atoms with Gasteiger partial charge in [-0.25, -0.2) is 0 Å². The molecule has 0 amide bonds. The second kappa shape index (κ2) is 5.10. The zero-order valence-electron chi connectivity index (χ0n) is 9.32. The van der Waals surface area contributed by atoms with Gasteiger partial charge in [0, 0.05) is 19.0 Å². The van der Waals surface area contributed by atoms with Crippen LogP contribution in [0.15, 0.2) is 0 Å². The Hall–Kier alpha value is -0.900. The van der Waals surface area contributed by atoms with Crippen molar-refractivity contribution in [3.05, 3.63) is 11.6 Å². The molecular weight excluding hydrogens is 176 g/mol. The Labute approximate surface area is 85.5 Å². The van der Waals surface area contributed by atoms with Gasteiger partial charge in [-0.3, -0.25) is 0 Å². The van der Waals surface area contributed by atoms with E-state index in [1.54, 1.807) is 0 Å². The maximum atomic E-state index is 5.71. The predicted molar refractivity (Wildman–Crippen MR) is 57.1 cm³/mol. The van der Waals surface area contributed by atoms with Crippen LogP contribution in [0.1, 0.15) is 44.3 Å². The lowest BCUT2D eigenvalue weighted by Gasteiger charge is -2.13. The number of nitrogens with zero attached hydrogens (tertiary/aromatic N) is 3. The minimum Gasteiger partial charge on any atom is -0.330 e. The van der Waals surface area contributed by atoms with Crippen LogP contribution in [0.3, 0.4) is 0 Å². The van der Waals surface area contributed by atoms with Gasteiger partial charge in [0.25, 0.3) is 0 Å². The SMILES string of the molecule is CCCn1c(C)nnc1C(CC)CN. The smallest absolute Gasteiger partial charge is 0.137 e. The third kappa shape index (κ3) is 2.12. The van der Waals surface area contributed by atoms with E-state index in [9.17, 15) is 0 Å². The van der Waals surface area contributed by atoms with Crippen molar-refractivity contribution < 1.29 is 0 Å². The molecule has 0 radical (unpaired) electrons. The minimum absolute atomic E-state index is 0.350. The van der Waals surface area contributed by atoms with Crippen LogP contribution in [-0.4, -0.2) is 21.3 Å². The standard InChI is InChI=1S/C10H20N4/c1-4-6-14-8(3)12-13-10(14)9(5-2)7-11/h9H,4-7,11H2,1-3H3. The molecule has 0 fully saturated rings. The quantitative estimate of drug-likeness (QED) is 0.775. The zero-order chi connectivity index (χ0) is 10.6. The van der Waals surface area contributed by atoms with Crippen LogP contribution < -0.4 is 5.73 Å². The second-order valence-corrected chi connectivity index (χ2v) is 3.60. The molecule has 4 nitrogen and oxygen atoms in total. The Balaban J connectivity index is 2.94. The Kier molecular flexibility index (Phi) is 4.07. The monoisotopic (exact) mass is 196 g/mol. The molecule has 0 spiro atoms. The van der Waals surface area contributed by atoms with Gasteiger partial charge < -0.3 is 10.3 Å². The molecule has 1 aromatic heterocycles. The van der Waals surface area contributed by atoms with Crippen molar-refractivity contribution in [3.8, 4) is 0 Å². The highest BCUT2D eigenvalue weighted by atomic mass is 15.3. The summed E-state index contributed by atoms with van der Waals surface area (Å²) in [7, 11) is 0. The van der Waals surface area contributed by atoms with Crippen LogP contribution in [-0.2, 0) is 6.54 Å². The summed E-state index contributed by atoms with van der Waals surface area (Å²) in [5.74, 6) is 2.39. The van der Waals surface area contributed by atoms with Gasteiger partial charge in [0.15, 0.2) is 0 Å². The van der Waals surface area contributed by atoms with Crippen LogP contribution in [0.5, 0.6) is 0 Å². The molecule has 1 heterocycles. The molecule has 80 valence electrons. The molecule has 1 unspecified atom stereocenters. The molecule has 1 rings (SSSR count). The summed E-state index contributed by atoms with van der Waals surface area (Å²) in [4.78, 5) is 0. The second-order valence-electron chi connectivity index (χ2n) is 3.60. The number of aryl methyl sites for hydroxylation is 1. The molecule has 0 bridgehead atoms. The summed E-state index contributed by atoms with van der Waals surface area (Å²) < 4.78 is 2.18. The molecule has 4 heteroatoms. The molecule has 0 aliphatic carbocycles. The van der Waals surface area contributed by atoms with Crippen molar-refractivity contribution in [2.24, 2.45) is 5.73 Å². The lowest BCUT2D eigenvalue weighted by atomic mass is 10.1. The molecular formula is C10H20N4. The molecule has 2 N–H and O–H groups in total. The Morgan fingerprint density at radius 2 is 2.07 bits per heavy atom. The molecule has 0 aliphatic heterocycles. The van der Waals surface area contributed by atoms with Crippen molar-refractivity contribution in [2.45, 2.75) is 46.1 Å². The average molecular weight is 196 g/mol. The van der Waals surface area contributed by atoms with Gasteiger partial charge in [0.2, 0.25) is 0 Å². The number of hydrogen-bond acceptors (Lipinski definition) is 3. The molecule has 0 aromatic carbocycles. The molecule has 0 saturated carbocycles. The van der Waals surface area contributed by atoms with E-state index in [4.69, 9.17) is 5.73 Å². The number of nitrogens with two attached hydrogens (primary N) is 1. The fraction of sp³-hybridized carbons (Fsp3) is 0.800. The first kappa shape index (κ1) is 11.2. The van der Waals surface area contributed by atoms with Gasteiger partial charge in [-0.15, -0.1) is 10.2 Å². The van der Waals surface area contributed by atoms with Crippen LogP contribution in [0.4, 0.5) is 0 Å². The normalized spacial score (nSPS) is 13.1. The first-order chi connectivity index (χ1) is 6.74. The Bertz CT molecular complexity index is 276. The van der Waals surface area contributed by atoms with E-state index in [1.807, 2.05) is 6.92 Å². The lowest BCUT2D eigenvalue weighted by Crippen LogP contribution is -2.17. The summed E-state index contributed by atoms with van der Waals surface area (Å²) in [6.07, 6.45) is 2.13. The third-order valence-electron chi connectivity index (χ3n) is 2.55. The van der Waals surface area contributed by atoms with Crippen molar-refractivity contribution in [1.29, 1.82) is 0 Å². The first-order valence-electron chi connectivity index (χ1n) is 5.34. The summed E-state index contributed by atoms with van der Waals surface area (Å²) in [5, 5.41) is 8.32. The maximum absolute atomic E-state index is 5.71. The summed E-state index contributed by atoms with van der Waals surface area (Å²) in [5.41, 5.74) is 5.71. The van der Waals surface area contributed by atoms with Crippen LogP contribution in [0, 0.1) is 6.92 Å². The summed E-state index contributed by atoms with van der Waals surface area (Å²) in [6.45, 7) is 7.93. The molecule has 0 aliphatic rings. The summed E-state index contributed by atoms with van der Waals surface area (Å²) >= 11 is 0. The van der Waals surface area contributed by atoms with E-state index >= 15 is 0 Å². The van der Waals surface area contributed by atoms with Crippen LogP contribution in [0.25, 0.3) is 0 Å². The average Bonchev–Trinajstić information content (AvgIpc) is 2.53. The van der Waals surface area contributed by atoms with Crippen molar-refractivity contribution in [1.82, 2.24) is 14.8 Å². The lowest BCUT2D eigenvalue weighted by molar-refractivity contribution is 0.552. The minimum atomic E-state index is 0.350. The summed E-state index contributed by atoms with van der Waals surface area (Å²) in [6, 6.07) is 0. The maximum Gasteiger partial charge on any atom is 0.137 e. The third-order valence-corrected chi connectivity index (χ3v) is 2.55. The van der Waals surface area contributed by atoms with Crippen LogP contribution >= 0.6 is 0 Å². The van der Waals surface area contributed by atoms with Crippen LogP contribution in [0.2, 0.25) is 0 Å². The predicted octanol–water partition coefficient (Wildman–Crippen LogP) is 1.45. The zero-order valence-corrected chi connectivity index (χ0v) is 9.32. The van der Waals surface area contributed by atoms with E-state index in [1.165, 1.54) is 0 Å². The van der Waals surface area contributed by atoms with Crippen molar-refractivity contribution in [2.75, 3.05) is 6.54 Å². The van der Waals surface area contributed by atoms with E-state index in [0.717, 1.165) is 31.0 Å². The van der Waals surface area contributed by atoms with E-state index < -0.39 is 0 Å². The van der Waals surface area contributed by atoms with Gasteiger partial charge in [0.1, 0.15) is 11.6 Å². The highest BCUT2D eigenvalue weighted by molar-refractivity contribution is 5.01. The Morgan fingerprint density at radius 1 is 1.36 bits per heavy atom. The number of aromatic nitrogens is 3. The van der Waals surface area contributed by atoms with E-state index in [0.29, 0.717) is 12.5 Å². The molecule has 14 heavy (non-hydrogen) atoms.